The van der Waals surface area contributed by atoms with Crippen molar-refractivity contribution >= 4 is 11.8 Å². The van der Waals surface area contributed by atoms with E-state index < -0.39 is 17.8 Å². The van der Waals surface area contributed by atoms with Gasteiger partial charge in [0.15, 0.2) is 0 Å². The molecule has 1 heterocycles. The number of ether oxygens (including phenoxy) is 1. The second kappa shape index (κ2) is 6.23. The summed E-state index contributed by atoms with van der Waals surface area (Å²) in [5, 5.41) is 13.9. The highest BCUT2D eigenvalue weighted by atomic mass is 16.6. The van der Waals surface area contributed by atoms with Crippen LogP contribution in [0.2, 0.25) is 0 Å². The number of aliphatic hydroxyl groups excluding tert-OH is 1. The van der Waals surface area contributed by atoms with Crippen molar-refractivity contribution in [2.24, 2.45) is 5.16 Å². The van der Waals surface area contributed by atoms with Gasteiger partial charge in [0.1, 0.15) is 12.7 Å². The van der Waals surface area contributed by atoms with E-state index in [-0.39, 0.29) is 6.04 Å². The molecule has 0 bridgehead atoms. The zero-order valence-corrected chi connectivity index (χ0v) is 12.3. The molecule has 0 aromatic heterocycles. The van der Waals surface area contributed by atoms with Crippen molar-refractivity contribution in [1.29, 1.82) is 0 Å². The van der Waals surface area contributed by atoms with Crippen LogP contribution in [0, 0.1) is 0 Å². The Balaban J connectivity index is 2.82. The first-order chi connectivity index (χ1) is 8.78. The maximum absolute atomic E-state index is 12.1. The molecule has 1 aliphatic rings. The van der Waals surface area contributed by atoms with Crippen molar-refractivity contribution in [3.8, 4) is 0 Å². The summed E-state index contributed by atoms with van der Waals surface area (Å²) in [6, 6.07) is -0.297. The molecule has 1 saturated heterocycles. The van der Waals surface area contributed by atoms with Crippen molar-refractivity contribution in [2.45, 2.75) is 58.3 Å². The van der Waals surface area contributed by atoms with Gasteiger partial charge in [-0.25, -0.2) is 4.79 Å². The van der Waals surface area contributed by atoms with Crippen LogP contribution in [0.4, 0.5) is 4.79 Å². The summed E-state index contributed by atoms with van der Waals surface area (Å²) in [6.07, 6.45) is 0.0788. The minimum Gasteiger partial charge on any atom is -0.444 e. The molecule has 0 aromatic carbocycles. The van der Waals surface area contributed by atoms with E-state index >= 15 is 0 Å². The molecule has 1 N–H and O–H groups in total. The van der Waals surface area contributed by atoms with Crippen molar-refractivity contribution in [1.82, 2.24) is 4.90 Å². The Labute approximate surface area is 114 Å². The zero-order valence-electron chi connectivity index (χ0n) is 12.3. The van der Waals surface area contributed by atoms with Crippen LogP contribution in [0.3, 0.4) is 0 Å². The summed E-state index contributed by atoms with van der Waals surface area (Å²) in [6.45, 7) is 7.66. The average molecular weight is 272 g/mol. The highest BCUT2D eigenvalue weighted by molar-refractivity contribution is 5.92. The topological polar surface area (TPSA) is 71.4 Å². The first-order valence-corrected chi connectivity index (χ1v) is 6.55. The number of rotatable bonds is 3. The highest BCUT2D eigenvalue weighted by Gasteiger charge is 2.39. The Hall–Kier alpha value is -1.30. The minimum atomic E-state index is -0.586. The van der Waals surface area contributed by atoms with Crippen molar-refractivity contribution in [2.75, 3.05) is 13.7 Å². The van der Waals surface area contributed by atoms with Gasteiger partial charge in [-0.3, -0.25) is 4.90 Å². The fourth-order valence-electron chi connectivity index (χ4n) is 2.06. The van der Waals surface area contributed by atoms with Crippen LogP contribution in [0.5, 0.6) is 0 Å². The van der Waals surface area contributed by atoms with Crippen LogP contribution in [0.1, 0.15) is 40.5 Å². The molecule has 0 aromatic rings. The number of oxime groups is 1. The number of nitrogens with zero attached hydrogens (tertiary/aromatic N) is 2. The highest BCUT2D eigenvalue weighted by Crippen LogP contribution is 2.23. The lowest BCUT2D eigenvalue weighted by Gasteiger charge is -2.30. The van der Waals surface area contributed by atoms with E-state index in [1.165, 1.54) is 12.0 Å². The monoisotopic (exact) mass is 272 g/mol. The summed E-state index contributed by atoms with van der Waals surface area (Å²) in [5.41, 5.74) is 0.186. The van der Waals surface area contributed by atoms with Gasteiger partial charge >= 0.3 is 6.09 Å². The average Bonchev–Trinajstić information content (AvgIpc) is 2.70. The molecule has 19 heavy (non-hydrogen) atoms. The number of aliphatic hydroxyl groups is 1. The molecule has 6 heteroatoms. The Bertz CT molecular complexity index is 349. The van der Waals surface area contributed by atoms with Gasteiger partial charge < -0.3 is 14.7 Å². The van der Waals surface area contributed by atoms with Gasteiger partial charge in [0.25, 0.3) is 0 Å². The Morgan fingerprint density at radius 1 is 1.58 bits per heavy atom. The Morgan fingerprint density at radius 3 is 2.68 bits per heavy atom. The van der Waals surface area contributed by atoms with E-state index in [0.29, 0.717) is 19.4 Å². The number of carbonyl (C=O) groups excluding carboxylic acids is 1. The van der Waals surface area contributed by atoms with Crippen LogP contribution in [0.25, 0.3) is 0 Å². The quantitative estimate of drug-likeness (QED) is 0.795. The predicted octanol–water partition coefficient (Wildman–Crippen LogP) is 1.77. The second-order valence-corrected chi connectivity index (χ2v) is 5.70. The third-order valence-electron chi connectivity index (χ3n) is 2.91. The van der Waals surface area contributed by atoms with Gasteiger partial charge in [-0.05, 0) is 27.2 Å². The van der Waals surface area contributed by atoms with E-state index in [1.54, 1.807) is 0 Å². The first kappa shape index (κ1) is 15.8. The molecule has 1 aliphatic heterocycles. The largest absolute Gasteiger partial charge is 0.444 e. The molecule has 1 fully saturated rings. The predicted molar refractivity (Wildman–Crippen MR) is 72.1 cm³/mol. The number of likely N-dealkylation sites (tertiary alicyclic amines) is 1. The second-order valence-electron chi connectivity index (χ2n) is 5.70. The number of hydrogen-bond donors (Lipinski definition) is 1. The maximum Gasteiger partial charge on any atom is 0.410 e. The third-order valence-corrected chi connectivity index (χ3v) is 2.91. The standard InChI is InChI=1S/C13H24N2O4/c1-6-11(16)10-7-9(14-18-5)8-15(10)12(17)19-13(2,3)4/h10-11,16H,6-8H2,1-5H3/t10-,11?/m0/s1. The molecule has 6 nitrogen and oxygen atoms in total. The molecule has 2 atom stereocenters. The normalized spacial score (nSPS) is 23.6. The molecule has 1 unspecified atom stereocenters. The molecule has 1 amide bonds. The van der Waals surface area contributed by atoms with Gasteiger partial charge in [0.05, 0.1) is 24.4 Å². The minimum absolute atomic E-state index is 0.297. The SMILES string of the molecule is CCC(O)[C@@H]1CC(=NOC)CN1C(=O)OC(C)(C)C. The fourth-order valence-corrected chi connectivity index (χ4v) is 2.06. The van der Waals surface area contributed by atoms with Crippen LogP contribution in [-0.2, 0) is 9.57 Å². The lowest BCUT2D eigenvalue weighted by molar-refractivity contribution is 0.00490. The fraction of sp³-hybridized carbons (Fsp3) is 0.846. The number of carbonyl (C=O) groups is 1. The van der Waals surface area contributed by atoms with Crippen LogP contribution < -0.4 is 0 Å². The van der Waals surface area contributed by atoms with Crippen molar-refractivity contribution < 1.29 is 19.5 Å². The van der Waals surface area contributed by atoms with Gasteiger partial charge in [-0.15, -0.1) is 0 Å². The number of hydrogen-bond acceptors (Lipinski definition) is 5. The summed E-state index contributed by atoms with van der Waals surface area (Å²) in [4.78, 5) is 18.4. The van der Waals surface area contributed by atoms with Gasteiger partial charge in [-0.2, -0.15) is 0 Å². The summed E-state index contributed by atoms with van der Waals surface area (Å²) in [7, 11) is 1.47. The van der Waals surface area contributed by atoms with Gasteiger partial charge in [-0.1, -0.05) is 12.1 Å². The smallest absolute Gasteiger partial charge is 0.410 e. The number of amides is 1. The Kier molecular flexibility index (Phi) is 5.17. The lowest BCUT2D eigenvalue weighted by atomic mass is 10.1. The molecular weight excluding hydrogens is 248 g/mol. The van der Waals surface area contributed by atoms with E-state index in [2.05, 4.69) is 5.16 Å². The Morgan fingerprint density at radius 2 is 2.21 bits per heavy atom. The van der Waals surface area contributed by atoms with E-state index in [0.717, 1.165) is 5.71 Å². The molecule has 0 aliphatic carbocycles. The summed E-state index contributed by atoms with van der Waals surface area (Å²) >= 11 is 0. The molecule has 0 radical (unpaired) electrons. The van der Waals surface area contributed by atoms with Crippen molar-refractivity contribution in [3.05, 3.63) is 0 Å². The van der Waals surface area contributed by atoms with E-state index in [9.17, 15) is 9.90 Å². The van der Waals surface area contributed by atoms with Gasteiger partial charge in [0, 0.05) is 6.42 Å². The lowest BCUT2D eigenvalue weighted by Crippen LogP contribution is -2.45. The first-order valence-electron chi connectivity index (χ1n) is 6.55. The van der Waals surface area contributed by atoms with E-state index in [4.69, 9.17) is 9.57 Å². The maximum atomic E-state index is 12.1. The summed E-state index contributed by atoms with van der Waals surface area (Å²) in [5.74, 6) is 0. The van der Waals surface area contributed by atoms with E-state index in [1.807, 2.05) is 27.7 Å². The third kappa shape index (κ3) is 4.38. The van der Waals surface area contributed by atoms with Gasteiger partial charge in [0.2, 0.25) is 0 Å². The zero-order chi connectivity index (χ0) is 14.6. The van der Waals surface area contributed by atoms with Crippen LogP contribution in [-0.4, -0.2) is 53.2 Å². The van der Waals surface area contributed by atoms with Crippen LogP contribution >= 0.6 is 0 Å². The molecule has 110 valence electrons. The molecule has 0 saturated carbocycles. The molecule has 0 spiro atoms. The van der Waals surface area contributed by atoms with Crippen LogP contribution in [0.15, 0.2) is 5.16 Å². The molecular formula is C13H24N2O4. The van der Waals surface area contributed by atoms with Crippen molar-refractivity contribution in [3.63, 3.8) is 0 Å². The molecule has 1 rings (SSSR count). The summed E-state index contributed by atoms with van der Waals surface area (Å²) < 4.78 is 5.35.